The summed E-state index contributed by atoms with van der Waals surface area (Å²) >= 11 is 11.7. The van der Waals surface area contributed by atoms with Crippen LogP contribution in [0, 0.1) is 6.92 Å². The van der Waals surface area contributed by atoms with Crippen LogP contribution in [0.4, 0.5) is 0 Å². The van der Waals surface area contributed by atoms with Gasteiger partial charge in [0.1, 0.15) is 10.8 Å². The molecule has 0 aliphatic heterocycles. The summed E-state index contributed by atoms with van der Waals surface area (Å²) in [6, 6.07) is 3.66. The Kier molecular flexibility index (Phi) is 2.63. The molecule has 0 spiro atoms. The highest BCUT2D eigenvalue weighted by Crippen LogP contribution is 2.33. The van der Waals surface area contributed by atoms with Gasteiger partial charge in [-0.2, -0.15) is 0 Å². The van der Waals surface area contributed by atoms with E-state index in [1.54, 1.807) is 13.2 Å². The Labute approximate surface area is 75.9 Å². The maximum absolute atomic E-state index is 5.85. The second-order valence-corrected chi connectivity index (χ2v) is 2.97. The number of rotatable bonds is 1. The third-order valence-corrected chi connectivity index (χ3v) is 2.42. The number of aryl methyl sites for hydroxylation is 1. The van der Waals surface area contributed by atoms with Crippen molar-refractivity contribution in [1.29, 1.82) is 0 Å². The Balaban J connectivity index is 3.25. The predicted molar refractivity (Wildman–Crippen MR) is 47.8 cm³/mol. The van der Waals surface area contributed by atoms with Crippen molar-refractivity contribution in [2.24, 2.45) is 0 Å². The van der Waals surface area contributed by atoms with Gasteiger partial charge < -0.3 is 4.74 Å². The van der Waals surface area contributed by atoms with Gasteiger partial charge in [0, 0.05) is 0 Å². The molecule has 0 aromatic heterocycles. The minimum absolute atomic E-state index is 0.481. The van der Waals surface area contributed by atoms with E-state index in [0.717, 1.165) is 5.56 Å². The van der Waals surface area contributed by atoms with Gasteiger partial charge in [-0.05, 0) is 18.6 Å². The SMILES string of the molecule is COc1ccc(C)c(Cl)c1Cl. The largest absolute Gasteiger partial charge is 0.495 e. The number of methoxy groups -OCH3 is 1. The normalized spacial score (nSPS) is 9.82. The van der Waals surface area contributed by atoms with Gasteiger partial charge >= 0.3 is 0 Å². The average molecular weight is 191 g/mol. The number of benzene rings is 1. The van der Waals surface area contributed by atoms with Crippen molar-refractivity contribution in [2.45, 2.75) is 6.92 Å². The quantitative estimate of drug-likeness (QED) is 0.661. The standard InChI is InChI=1S/C8H8Cl2O/c1-5-3-4-6(11-2)8(10)7(5)9/h3-4H,1-2H3. The number of ether oxygens (including phenoxy) is 1. The van der Waals surface area contributed by atoms with Crippen LogP contribution in [0.15, 0.2) is 12.1 Å². The topological polar surface area (TPSA) is 9.23 Å². The first-order chi connectivity index (χ1) is 5.16. The number of hydrogen-bond acceptors (Lipinski definition) is 1. The summed E-state index contributed by atoms with van der Waals surface area (Å²) < 4.78 is 4.96. The zero-order valence-corrected chi connectivity index (χ0v) is 7.83. The van der Waals surface area contributed by atoms with E-state index in [1.165, 1.54) is 0 Å². The van der Waals surface area contributed by atoms with E-state index >= 15 is 0 Å². The van der Waals surface area contributed by atoms with E-state index in [0.29, 0.717) is 15.8 Å². The molecule has 0 atom stereocenters. The summed E-state index contributed by atoms with van der Waals surface area (Å²) in [5.74, 6) is 0.613. The van der Waals surface area contributed by atoms with Crippen LogP contribution < -0.4 is 4.74 Å². The van der Waals surface area contributed by atoms with Crippen LogP contribution in [0.1, 0.15) is 5.56 Å². The molecule has 0 saturated carbocycles. The van der Waals surface area contributed by atoms with Crippen LogP contribution in [-0.4, -0.2) is 7.11 Å². The van der Waals surface area contributed by atoms with Crippen molar-refractivity contribution in [3.8, 4) is 5.75 Å². The third-order valence-electron chi connectivity index (χ3n) is 1.46. The van der Waals surface area contributed by atoms with Crippen LogP contribution in [0.3, 0.4) is 0 Å². The van der Waals surface area contributed by atoms with Crippen molar-refractivity contribution in [2.75, 3.05) is 7.11 Å². The number of hydrogen-bond donors (Lipinski definition) is 0. The zero-order chi connectivity index (χ0) is 8.43. The molecule has 0 saturated heterocycles. The van der Waals surface area contributed by atoms with Crippen molar-refractivity contribution >= 4 is 23.2 Å². The Bertz CT molecular complexity index is 271. The molecule has 1 rings (SSSR count). The lowest BCUT2D eigenvalue weighted by Gasteiger charge is -2.05. The predicted octanol–water partition coefficient (Wildman–Crippen LogP) is 3.31. The van der Waals surface area contributed by atoms with Gasteiger partial charge in [-0.1, -0.05) is 29.3 Å². The fraction of sp³-hybridized carbons (Fsp3) is 0.250. The van der Waals surface area contributed by atoms with Gasteiger partial charge in [0.2, 0.25) is 0 Å². The lowest BCUT2D eigenvalue weighted by Crippen LogP contribution is -1.85. The molecule has 0 N–H and O–H groups in total. The third kappa shape index (κ3) is 1.60. The minimum Gasteiger partial charge on any atom is -0.495 e. The van der Waals surface area contributed by atoms with E-state index < -0.39 is 0 Å². The molecule has 0 heterocycles. The molecule has 1 aromatic carbocycles. The summed E-state index contributed by atoms with van der Waals surface area (Å²) in [5.41, 5.74) is 0.956. The van der Waals surface area contributed by atoms with E-state index in [2.05, 4.69) is 0 Å². The molecule has 0 unspecified atom stereocenters. The van der Waals surface area contributed by atoms with Crippen molar-refractivity contribution in [3.63, 3.8) is 0 Å². The Morgan fingerprint density at radius 2 is 1.82 bits per heavy atom. The average Bonchev–Trinajstić information content (AvgIpc) is 2.01. The van der Waals surface area contributed by atoms with Crippen molar-refractivity contribution in [3.05, 3.63) is 27.7 Å². The molecular weight excluding hydrogens is 183 g/mol. The molecule has 1 aromatic rings. The second-order valence-electron chi connectivity index (χ2n) is 2.21. The molecule has 0 bridgehead atoms. The van der Waals surface area contributed by atoms with Gasteiger partial charge in [-0.3, -0.25) is 0 Å². The molecule has 60 valence electrons. The minimum atomic E-state index is 0.481. The van der Waals surface area contributed by atoms with Gasteiger partial charge in [-0.15, -0.1) is 0 Å². The van der Waals surface area contributed by atoms with Crippen molar-refractivity contribution in [1.82, 2.24) is 0 Å². The maximum Gasteiger partial charge on any atom is 0.138 e. The Morgan fingerprint density at radius 3 is 2.36 bits per heavy atom. The fourth-order valence-electron chi connectivity index (χ4n) is 0.786. The molecule has 3 heteroatoms. The Hall–Kier alpha value is -0.400. The van der Waals surface area contributed by atoms with Crippen LogP contribution in [0.5, 0.6) is 5.75 Å². The van der Waals surface area contributed by atoms with E-state index in [-0.39, 0.29) is 0 Å². The van der Waals surface area contributed by atoms with E-state index in [9.17, 15) is 0 Å². The first kappa shape index (κ1) is 8.69. The van der Waals surface area contributed by atoms with Gasteiger partial charge in [-0.25, -0.2) is 0 Å². The molecule has 0 radical (unpaired) electrons. The van der Waals surface area contributed by atoms with E-state index in [4.69, 9.17) is 27.9 Å². The first-order valence-corrected chi connectivity index (χ1v) is 3.91. The summed E-state index contributed by atoms with van der Waals surface area (Å²) in [5, 5.41) is 1.04. The summed E-state index contributed by atoms with van der Waals surface area (Å²) in [4.78, 5) is 0. The molecule has 0 fully saturated rings. The molecule has 0 aliphatic rings. The molecular formula is C8H8Cl2O. The molecule has 1 nitrogen and oxygen atoms in total. The summed E-state index contributed by atoms with van der Waals surface area (Å²) in [7, 11) is 1.56. The van der Waals surface area contributed by atoms with Gasteiger partial charge in [0.15, 0.2) is 0 Å². The van der Waals surface area contributed by atoms with Crippen LogP contribution in [-0.2, 0) is 0 Å². The lowest BCUT2D eigenvalue weighted by atomic mass is 10.2. The van der Waals surface area contributed by atoms with Crippen LogP contribution in [0.25, 0.3) is 0 Å². The first-order valence-electron chi connectivity index (χ1n) is 3.15. The number of halogens is 2. The molecule has 0 aliphatic carbocycles. The van der Waals surface area contributed by atoms with E-state index in [1.807, 2.05) is 13.0 Å². The summed E-state index contributed by atoms with van der Waals surface area (Å²) in [6.45, 7) is 1.90. The van der Waals surface area contributed by atoms with Gasteiger partial charge in [0.05, 0.1) is 12.1 Å². The second kappa shape index (κ2) is 3.33. The lowest BCUT2D eigenvalue weighted by molar-refractivity contribution is 0.415. The zero-order valence-electron chi connectivity index (χ0n) is 6.32. The summed E-state index contributed by atoms with van der Waals surface area (Å²) in [6.07, 6.45) is 0. The van der Waals surface area contributed by atoms with Crippen molar-refractivity contribution < 1.29 is 4.74 Å². The smallest absolute Gasteiger partial charge is 0.138 e. The highest BCUT2D eigenvalue weighted by molar-refractivity contribution is 6.43. The highest BCUT2D eigenvalue weighted by Gasteiger charge is 2.06. The monoisotopic (exact) mass is 190 g/mol. The maximum atomic E-state index is 5.85. The Morgan fingerprint density at radius 1 is 1.18 bits per heavy atom. The van der Waals surface area contributed by atoms with Crippen LogP contribution >= 0.6 is 23.2 Å². The van der Waals surface area contributed by atoms with Gasteiger partial charge in [0.25, 0.3) is 0 Å². The molecule has 11 heavy (non-hydrogen) atoms. The fourth-order valence-corrected chi connectivity index (χ4v) is 1.23. The molecule has 0 amide bonds. The highest BCUT2D eigenvalue weighted by atomic mass is 35.5. The van der Waals surface area contributed by atoms with Crippen LogP contribution in [0.2, 0.25) is 10.0 Å².